The maximum absolute atomic E-state index is 13.0. The number of aryl methyl sites for hydroxylation is 1. The van der Waals surface area contributed by atoms with Crippen LogP contribution in [0.2, 0.25) is 5.02 Å². The summed E-state index contributed by atoms with van der Waals surface area (Å²) in [5.74, 6) is -0.437. The van der Waals surface area contributed by atoms with Crippen LogP contribution in [-0.4, -0.2) is 5.91 Å². The second-order valence-electron chi connectivity index (χ2n) is 6.57. The molecular weight excluding hydrogens is 429 g/mol. The van der Waals surface area contributed by atoms with E-state index in [9.17, 15) is 23.2 Å². The Morgan fingerprint density at radius 3 is 2.48 bits per heavy atom. The van der Waals surface area contributed by atoms with Gasteiger partial charge in [-0.15, -0.1) is 0 Å². The average Bonchev–Trinajstić information content (AvgIpc) is 3.20. The number of carbonyl (C=O) groups is 1. The van der Waals surface area contributed by atoms with Crippen LogP contribution in [0.4, 0.5) is 18.9 Å². The monoisotopic (exact) mass is 444 g/mol. The maximum atomic E-state index is 13.0. The van der Waals surface area contributed by atoms with Gasteiger partial charge in [-0.1, -0.05) is 30.7 Å². The zero-order valence-electron chi connectivity index (χ0n) is 16.3. The molecule has 1 aromatic heterocycles. The minimum absolute atomic E-state index is 0.0510. The molecule has 0 bridgehead atoms. The Hall–Kier alpha value is -3.50. The Balaban J connectivity index is 1.84. The number of alkyl halides is 3. The topological polar surface area (TPSA) is 66.0 Å². The maximum Gasteiger partial charge on any atom is 0.416 e. The fraction of sp³-hybridized carbons (Fsp3) is 0.130. The number of benzene rings is 2. The third-order valence-corrected chi connectivity index (χ3v) is 4.79. The van der Waals surface area contributed by atoms with E-state index in [1.807, 2.05) is 19.1 Å². The fourth-order valence-electron chi connectivity index (χ4n) is 2.78. The Bertz CT molecular complexity index is 1170. The Morgan fingerprint density at radius 1 is 1.16 bits per heavy atom. The van der Waals surface area contributed by atoms with Gasteiger partial charge in [0, 0.05) is 17.3 Å². The molecule has 0 atom stereocenters. The minimum atomic E-state index is -4.53. The second kappa shape index (κ2) is 9.11. The number of amides is 1. The van der Waals surface area contributed by atoms with E-state index in [1.54, 1.807) is 18.2 Å². The van der Waals surface area contributed by atoms with Crippen molar-refractivity contribution in [1.82, 2.24) is 0 Å². The third-order valence-electron chi connectivity index (χ3n) is 4.46. The number of anilines is 1. The number of carbonyl (C=O) groups excluding carboxylic acids is 1. The Kier molecular flexibility index (Phi) is 6.52. The van der Waals surface area contributed by atoms with Crippen molar-refractivity contribution in [2.75, 3.05) is 5.32 Å². The van der Waals surface area contributed by atoms with Gasteiger partial charge in [-0.05, 0) is 54.4 Å². The van der Waals surface area contributed by atoms with Gasteiger partial charge in [0.15, 0.2) is 0 Å². The first-order valence-electron chi connectivity index (χ1n) is 9.20. The molecule has 31 heavy (non-hydrogen) atoms. The summed E-state index contributed by atoms with van der Waals surface area (Å²) in [6.45, 7) is 2.01. The molecule has 0 fully saturated rings. The van der Waals surface area contributed by atoms with E-state index in [4.69, 9.17) is 16.0 Å². The highest BCUT2D eigenvalue weighted by Gasteiger charge is 2.31. The average molecular weight is 445 g/mol. The SMILES string of the molecule is CCc1ccc(NC(=O)/C(C#N)=C/c2ccc(-c3cc(C(F)(F)F)ccc3Cl)o2)cc1. The molecule has 0 radical (unpaired) electrons. The van der Waals surface area contributed by atoms with Crippen LogP contribution < -0.4 is 5.32 Å². The summed E-state index contributed by atoms with van der Waals surface area (Å²) < 4.78 is 44.5. The molecule has 4 nitrogen and oxygen atoms in total. The zero-order chi connectivity index (χ0) is 22.6. The first-order chi connectivity index (χ1) is 14.7. The van der Waals surface area contributed by atoms with E-state index < -0.39 is 17.6 Å². The van der Waals surface area contributed by atoms with Crippen LogP contribution in [0.3, 0.4) is 0 Å². The summed E-state index contributed by atoms with van der Waals surface area (Å²) in [6.07, 6.45) is -2.47. The van der Waals surface area contributed by atoms with E-state index in [2.05, 4.69) is 5.32 Å². The number of nitrogens with zero attached hydrogens (tertiary/aromatic N) is 1. The minimum Gasteiger partial charge on any atom is -0.457 e. The lowest BCUT2D eigenvalue weighted by atomic mass is 10.1. The van der Waals surface area contributed by atoms with Gasteiger partial charge in [0.2, 0.25) is 0 Å². The van der Waals surface area contributed by atoms with E-state index in [1.165, 1.54) is 18.2 Å². The van der Waals surface area contributed by atoms with E-state index >= 15 is 0 Å². The largest absolute Gasteiger partial charge is 0.457 e. The second-order valence-corrected chi connectivity index (χ2v) is 6.98. The van der Waals surface area contributed by atoms with Crippen LogP contribution in [-0.2, 0) is 17.4 Å². The molecule has 1 heterocycles. The predicted octanol–water partition coefficient (Wildman–Crippen LogP) is 6.73. The highest BCUT2D eigenvalue weighted by Crippen LogP contribution is 2.36. The van der Waals surface area contributed by atoms with Crippen LogP contribution in [0.25, 0.3) is 17.4 Å². The summed E-state index contributed by atoms with van der Waals surface area (Å²) in [6, 6.07) is 14.7. The van der Waals surface area contributed by atoms with Crippen LogP contribution >= 0.6 is 11.6 Å². The molecule has 3 rings (SSSR count). The van der Waals surface area contributed by atoms with Crippen molar-refractivity contribution < 1.29 is 22.4 Å². The predicted molar refractivity (Wildman–Crippen MR) is 112 cm³/mol. The molecule has 0 spiro atoms. The highest BCUT2D eigenvalue weighted by atomic mass is 35.5. The van der Waals surface area contributed by atoms with Gasteiger partial charge >= 0.3 is 6.18 Å². The molecule has 0 aliphatic heterocycles. The van der Waals surface area contributed by atoms with E-state index in [0.29, 0.717) is 5.69 Å². The summed E-state index contributed by atoms with van der Waals surface area (Å²) in [5, 5.41) is 12.0. The highest BCUT2D eigenvalue weighted by molar-refractivity contribution is 6.33. The summed E-state index contributed by atoms with van der Waals surface area (Å²) >= 11 is 6.03. The quantitative estimate of drug-likeness (QED) is 0.350. The van der Waals surface area contributed by atoms with Gasteiger partial charge in [-0.2, -0.15) is 18.4 Å². The lowest BCUT2D eigenvalue weighted by Gasteiger charge is -2.09. The molecule has 2 aromatic carbocycles. The van der Waals surface area contributed by atoms with Gasteiger partial charge in [0.05, 0.1) is 10.6 Å². The molecule has 0 saturated carbocycles. The van der Waals surface area contributed by atoms with Crippen LogP contribution in [0.1, 0.15) is 23.8 Å². The molecular formula is C23H16ClF3N2O2. The standard InChI is InChI=1S/C23H16ClF3N2O2/c1-2-14-3-6-17(7-4-14)29-22(30)15(13-28)11-18-8-10-21(31-18)19-12-16(23(25,26)27)5-9-20(19)24/h3-12H,2H2,1H3,(H,29,30)/b15-11+. The van der Waals surface area contributed by atoms with Gasteiger partial charge < -0.3 is 9.73 Å². The molecule has 1 N–H and O–H groups in total. The zero-order valence-corrected chi connectivity index (χ0v) is 17.0. The third kappa shape index (κ3) is 5.36. The van der Waals surface area contributed by atoms with Crippen molar-refractivity contribution in [3.8, 4) is 17.4 Å². The van der Waals surface area contributed by atoms with E-state index in [-0.39, 0.29) is 27.7 Å². The van der Waals surface area contributed by atoms with Crippen molar-refractivity contribution in [2.45, 2.75) is 19.5 Å². The van der Waals surface area contributed by atoms with Crippen molar-refractivity contribution in [2.24, 2.45) is 0 Å². The van der Waals surface area contributed by atoms with Gasteiger partial charge in [0.1, 0.15) is 23.2 Å². The Labute approximate surface area is 181 Å². The summed E-state index contributed by atoms with van der Waals surface area (Å²) in [4.78, 5) is 12.4. The Morgan fingerprint density at radius 2 is 1.87 bits per heavy atom. The molecule has 0 aliphatic carbocycles. The first kappa shape index (κ1) is 22.2. The molecule has 158 valence electrons. The van der Waals surface area contributed by atoms with E-state index in [0.717, 1.165) is 30.2 Å². The number of hydrogen-bond donors (Lipinski definition) is 1. The molecule has 0 unspecified atom stereocenters. The number of halogens is 4. The van der Waals surface area contributed by atoms with Gasteiger partial charge in [-0.3, -0.25) is 4.79 Å². The van der Waals surface area contributed by atoms with Gasteiger partial charge in [-0.25, -0.2) is 0 Å². The van der Waals surface area contributed by atoms with Crippen molar-refractivity contribution in [3.63, 3.8) is 0 Å². The molecule has 8 heteroatoms. The van der Waals surface area contributed by atoms with Gasteiger partial charge in [0.25, 0.3) is 5.91 Å². The molecule has 0 saturated heterocycles. The number of nitrogens with one attached hydrogen (secondary N) is 1. The van der Waals surface area contributed by atoms with Crippen LogP contribution in [0, 0.1) is 11.3 Å². The number of nitriles is 1. The normalized spacial score (nSPS) is 11.8. The first-order valence-corrected chi connectivity index (χ1v) is 9.58. The fourth-order valence-corrected chi connectivity index (χ4v) is 2.99. The lowest BCUT2D eigenvalue weighted by Crippen LogP contribution is -2.13. The van der Waals surface area contributed by atoms with Crippen LogP contribution in [0.15, 0.2) is 64.6 Å². The number of hydrogen-bond acceptors (Lipinski definition) is 3. The molecule has 1 amide bonds. The number of rotatable bonds is 5. The van der Waals surface area contributed by atoms with Crippen molar-refractivity contribution in [3.05, 3.63) is 82.1 Å². The van der Waals surface area contributed by atoms with Crippen molar-refractivity contribution >= 4 is 29.3 Å². The number of furan rings is 1. The summed E-state index contributed by atoms with van der Waals surface area (Å²) in [5.41, 5.74) is 0.585. The smallest absolute Gasteiger partial charge is 0.416 e. The molecule has 0 aliphatic rings. The lowest BCUT2D eigenvalue weighted by molar-refractivity contribution is -0.137. The van der Waals surface area contributed by atoms with Crippen LogP contribution in [0.5, 0.6) is 0 Å². The molecule has 3 aromatic rings. The summed E-state index contributed by atoms with van der Waals surface area (Å²) in [7, 11) is 0. The van der Waals surface area contributed by atoms with Crippen molar-refractivity contribution in [1.29, 1.82) is 5.26 Å².